The first-order chi connectivity index (χ1) is 14.5. The Morgan fingerprint density at radius 2 is 1.80 bits per heavy atom. The molecule has 2 aromatic carbocycles. The van der Waals surface area contributed by atoms with Crippen molar-refractivity contribution in [3.63, 3.8) is 0 Å². The van der Waals surface area contributed by atoms with E-state index in [-0.39, 0.29) is 5.41 Å². The van der Waals surface area contributed by atoms with E-state index in [9.17, 15) is 5.11 Å². The van der Waals surface area contributed by atoms with Gasteiger partial charge in [-0.1, -0.05) is 79.6 Å². The molecule has 0 radical (unpaired) electrons. The standard InChI is InChI=1S/C27H33NO2/c1-20-12-22-13-23(14-22)16-27(2,15-20)19-28-17-26(29)24-8-10-25(11-9-24)30-18-21-6-4-3-5-7-21/h3-12,16,20,26,28-29H,13-15,17-19H2,1-2H3. The Hall–Kier alpha value is -2.36. The van der Waals surface area contributed by atoms with E-state index in [1.54, 1.807) is 11.1 Å². The van der Waals surface area contributed by atoms with Crippen molar-refractivity contribution in [2.45, 2.75) is 45.8 Å². The van der Waals surface area contributed by atoms with Gasteiger partial charge in [0, 0.05) is 13.1 Å². The Labute approximate surface area is 180 Å². The maximum Gasteiger partial charge on any atom is 0.119 e. The molecule has 0 spiro atoms. The molecule has 0 heterocycles. The van der Waals surface area contributed by atoms with E-state index >= 15 is 0 Å². The van der Waals surface area contributed by atoms with E-state index in [2.05, 4.69) is 43.4 Å². The first kappa shape index (κ1) is 20.9. The van der Waals surface area contributed by atoms with E-state index in [4.69, 9.17) is 4.74 Å². The smallest absolute Gasteiger partial charge is 0.119 e. The maximum atomic E-state index is 10.6. The Morgan fingerprint density at radius 1 is 1.07 bits per heavy atom. The molecule has 2 bridgehead atoms. The van der Waals surface area contributed by atoms with Crippen LogP contribution in [0.1, 0.15) is 50.3 Å². The summed E-state index contributed by atoms with van der Waals surface area (Å²) in [5.74, 6) is 1.43. The highest BCUT2D eigenvalue weighted by molar-refractivity contribution is 5.35. The summed E-state index contributed by atoms with van der Waals surface area (Å²) >= 11 is 0. The fourth-order valence-electron chi connectivity index (χ4n) is 4.76. The molecule has 3 nitrogen and oxygen atoms in total. The Kier molecular flexibility index (Phi) is 6.40. The third-order valence-electron chi connectivity index (χ3n) is 6.15. The number of fused-ring (bicyclic) bond motifs is 4. The van der Waals surface area contributed by atoms with Crippen LogP contribution in [0.25, 0.3) is 0 Å². The fourth-order valence-corrected chi connectivity index (χ4v) is 4.76. The Morgan fingerprint density at radius 3 is 2.53 bits per heavy atom. The van der Waals surface area contributed by atoms with Crippen LogP contribution in [0.2, 0.25) is 0 Å². The van der Waals surface area contributed by atoms with Crippen LogP contribution in [0.5, 0.6) is 5.75 Å². The van der Waals surface area contributed by atoms with Crippen LogP contribution in [0.3, 0.4) is 0 Å². The first-order valence-corrected chi connectivity index (χ1v) is 11.0. The molecule has 3 atom stereocenters. The van der Waals surface area contributed by atoms with Gasteiger partial charge in [0.2, 0.25) is 0 Å². The summed E-state index contributed by atoms with van der Waals surface area (Å²) < 4.78 is 5.84. The van der Waals surface area contributed by atoms with E-state index in [0.717, 1.165) is 29.8 Å². The van der Waals surface area contributed by atoms with Crippen LogP contribution in [-0.2, 0) is 6.61 Å². The van der Waals surface area contributed by atoms with Gasteiger partial charge in [-0.05, 0) is 53.9 Å². The second-order valence-corrected chi connectivity index (χ2v) is 9.31. The summed E-state index contributed by atoms with van der Waals surface area (Å²) in [6, 6.07) is 17.9. The van der Waals surface area contributed by atoms with Crippen molar-refractivity contribution in [3.8, 4) is 5.75 Å². The molecule has 0 aromatic heterocycles. The van der Waals surface area contributed by atoms with E-state index in [1.807, 2.05) is 42.5 Å². The number of benzene rings is 2. The molecule has 3 unspecified atom stereocenters. The predicted octanol–water partition coefficient (Wildman–Crippen LogP) is 5.58. The van der Waals surface area contributed by atoms with Crippen molar-refractivity contribution < 1.29 is 9.84 Å². The van der Waals surface area contributed by atoms with Crippen molar-refractivity contribution in [1.82, 2.24) is 5.32 Å². The SMILES string of the molecule is CC1C=C2CC(=CC(C)(CNCC(O)c3ccc(OCc4ccccc4)cc3)C1)C2. The van der Waals surface area contributed by atoms with Gasteiger partial charge < -0.3 is 15.2 Å². The lowest BCUT2D eigenvalue weighted by Gasteiger charge is -2.36. The zero-order chi connectivity index (χ0) is 21.0. The van der Waals surface area contributed by atoms with Crippen molar-refractivity contribution in [2.24, 2.45) is 11.3 Å². The first-order valence-electron chi connectivity index (χ1n) is 11.0. The quantitative estimate of drug-likeness (QED) is 0.565. The molecule has 1 saturated carbocycles. The molecule has 2 aromatic rings. The van der Waals surface area contributed by atoms with Gasteiger partial charge >= 0.3 is 0 Å². The van der Waals surface area contributed by atoms with E-state index in [1.165, 1.54) is 12.8 Å². The highest BCUT2D eigenvalue weighted by Crippen LogP contribution is 2.42. The third kappa shape index (κ3) is 5.41. The Balaban J connectivity index is 1.26. The van der Waals surface area contributed by atoms with Gasteiger partial charge in [0.15, 0.2) is 0 Å². The lowest BCUT2D eigenvalue weighted by molar-refractivity contribution is 0.168. The monoisotopic (exact) mass is 403 g/mol. The minimum absolute atomic E-state index is 0.145. The average molecular weight is 404 g/mol. The molecule has 0 aliphatic heterocycles. The van der Waals surface area contributed by atoms with Crippen molar-refractivity contribution in [2.75, 3.05) is 13.1 Å². The average Bonchev–Trinajstić information content (AvgIpc) is 2.70. The summed E-state index contributed by atoms with van der Waals surface area (Å²) in [7, 11) is 0. The van der Waals surface area contributed by atoms with Crippen molar-refractivity contribution in [1.29, 1.82) is 0 Å². The highest BCUT2D eigenvalue weighted by atomic mass is 16.5. The van der Waals surface area contributed by atoms with Gasteiger partial charge in [0.05, 0.1) is 6.10 Å². The Bertz CT molecular complexity index is 890. The second-order valence-electron chi connectivity index (χ2n) is 9.31. The molecular formula is C27H33NO2. The number of ether oxygens (including phenoxy) is 1. The van der Waals surface area contributed by atoms with Crippen LogP contribution in [0, 0.1) is 11.3 Å². The molecule has 2 N–H and O–H groups in total. The number of aliphatic hydroxyl groups is 1. The molecule has 30 heavy (non-hydrogen) atoms. The van der Waals surface area contributed by atoms with Crippen molar-refractivity contribution in [3.05, 3.63) is 89.0 Å². The van der Waals surface area contributed by atoms with Gasteiger partial charge in [0.1, 0.15) is 12.4 Å². The zero-order valence-electron chi connectivity index (χ0n) is 18.1. The number of nitrogens with one attached hydrogen (secondary N) is 1. The summed E-state index contributed by atoms with van der Waals surface area (Å²) in [5, 5.41) is 14.1. The van der Waals surface area contributed by atoms with E-state index in [0.29, 0.717) is 19.1 Å². The van der Waals surface area contributed by atoms with Crippen LogP contribution >= 0.6 is 0 Å². The molecular weight excluding hydrogens is 370 g/mol. The van der Waals surface area contributed by atoms with Gasteiger partial charge in [-0.3, -0.25) is 0 Å². The lowest BCUT2D eigenvalue weighted by Crippen LogP contribution is -2.35. The number of rotatable bonds is 8. The number of allylic oxidation sites excluding steroid dienone is 3. The maximum absolute atomic E-state index is 10.6. The van der Waals surface area contributed by atoms with Crippen molar-refractivity contribution >= 4 is 0 Å². The molecule has 3 heteroatoms. The molecule has 0 amide bonds. The molecule has 1 fully saturated rings. The minimum atomic E-state index is -0.523. The van der Waals surface area contributed by atoms with Crippen LogP contribution in [0.15, 0.2) is 77.9 Å². The van der Waals surface area contributed by atoms with Gasteiger partial charge in [-0.25, -0.2) is 0 Å². The van der Waals surface area contributed by atoms with Gasteiger partial charge in [0.25, 0.3) is 0 Å². The number of hydrogen-bond donors (Lipinski definition) is 2. The largest absolute Gasteiger partial charge is 0.489 e. The summed E-state index contributed by atoms with van der Waals surface area (Å²) in [6.45, 7) is 6.65. The van der Waals surface area contributed by atoms with Crippen LogP contribution in [-0.4, -0.2) is 18.2 Å². The summed E-state index contributed by atoms with van der Waals surface area (Å²) in [5.41, 5.74) is 5.38. The molecule has 0 saturated heterocycles. The van der Waals surface area contributed by atoms with Gasteiger partial charge in [-0.15, -0.1) is 0 Å². The minimum Gasteiger partial charge on any atom is -0.489 e. The second kappa shape index (κ2) is 9.20. The predicted molar refractivity (Wildman–Crippen MR) is 122 cm³/mol. The van der Waals surface area contributed by atoms with Gasteiger partial charge in [-0.2, -0.15) is 0 Å². The normalized spacial score (nSPS) is 24.0. The number of hydrogen-bond acceptors (Lipinski definition) is 3. The summed E-state index contributed by atoms with van der Waals surface area (Å²) in [4.78, 5) is 0. The zero-order valence-corrected chi connectivity index (χ0v) is 18.1. The molecule has 5 rings (SSSR count). The molecule has 158 valence electrons. The topological polar surface area (TPSA) is 41.5 Å². The lowest BCUT2D eigenvalue weighted by atomic mass is 9.71. The molecule has 3 aliphatic rings. The highest BCUT2D eigenvalue weighted by Gasteiger charge is 2.30. The van der Waals surface area contributed by atoms with Crippen LogP contribution in [0.4, 0.5) is 0 Å². The number of aliphatic hydroxyl groups excluding tert-OH is 1. The fraction of sp³-hybridized carbons (Fsp3) is 0.407. The summed E-state index contributed by atoms with van der Waals surface area (Å²) in [6.07, 6.45) is 7.91. The van der Waals surface area contributed by atoms with Crippen LogP contribution < -0.4 is 10.1 Å². The third-order valence-corrected chi connectivity index (χ3v) is 6.15. The van der Waals surface area contributed by atoms with E-state index < -0.39 is 6.10 Å². The molecule has 3 aliphatic carbocycles.